The fraction of sp³-hybridized carbons (Fsp3) is 0.160. The molecule has 5 rings (SSSR count). The van der Waals surface area contributed by atoms with E-state index in [-0.39, 0.29) is 11.8 Å². The largest absolute Gasteiger partial charge is 0.312 e. The van der Waals surface area contributed by atoms with Gasteiger partial charge in [0.2, 0.25) is 5.91 Å². The topological polar surface area (TPSA) is 67.2 Å². The quantitative estimate of drug-likeness (QED) is 0.528. The van der Waals surface area contributed by atoms with Crippen LogP contribution in [0.25, 0.3) is 10.8 Å². The van der Waals surface area contributed by atoms with Crippen molar-refractivity contribution in [3.8, 4) is 0 Å². The first-order valence-corrected chi connectivity index (χ1v) is 10.4. The van der Waals surface area contributed by atoms with Crippen LogP contribution >= 0.6 is 0 Å². The molecule has 3 aromatic carbocycles. The highest BCUT2D eigenvalue weighted by Gasteiger charge is 2.22. The van der Waals surface area contributed by atoms with Crippen molar-refractivity contribution in [3.05, 3.63) is 90.1 Å². The van der Waals surface area contributed by atoms with Gasteiger partial charge in [-0.2, -0.15) is 5.10 Å². The molecular formula is C25H22N4O2. The van der Waals surface area contributed by atoms with Crippen molar-refractivity contribution < 1.29 is 9.59 Å². The number of benzene rings is 3. The SMILES string of the molecule is O=C(Nc1ccnn1Cc1cccc2ccccc12)c1cccc(N2CCCC2=O)c1. The predicted molar refractivity (Wildman–Crippen MR) is 121 cm³/mol. The fourth-order valence-corrected chi connectivity index (χ4v) is 4.08. The molecule has 0 spiro atoms. The Hall–Kier alpha value is -3.93. The number of nitrogens with one attached hydrogen (secondary N) is 1. The molecule has 2 heterocycles. The van der Waals surface area contributed by atoms with Crippen LogP contribution in [0, 0.1) is 0 Å². The molecule has 0 unspecified atom stereocenters. The summed E-state index contributed by atoms with van der Waals surface area (Å²) >= 11 is 0. The van der Waals surface area contributed by atoms with Crippen molar-refractivity contribution in [2.75, 3.05) is 16.8 Å². The average Bonchev–Trinajstić information content (AvgIpc) is 3.43. The molecule has 6 nitrogen and oxygen atoms in total. The molecule has 1 aromatic heterocycles. The van der Waals surface area contributed by atoms with Gasteiger partial charge in [-0.05, 0) is 41.0 Å². The first kappa shape index (κ1) is 19.1. The average molecular weight is 410 g/mol. The molecule has 1 N–H and O–H groups in total. The third-order valence-electron chi connectivity index (χ3n) is 5.65. The maximum Gasteiger partial charge on any atom is 0.256 e. The van der Waals surface area contributed by atoms with Crippen molar-refractivity contribution in [3.63, 3.8) is 0 Å². The first-order chi connectivity index (χ1) is 15.2. The van der Waals surface area contributed by atoms with Crippen molar-refractivity contribution >= 4 is 34.1 Å². The van der Waals surface area contributed by atoms with Gasteiger partial charge in [0, 0.05) is 30.3 Å². The van der Waals surface area contributed by atoms with Gasteiger partial charge in [0.25, 0.3) is 5.91 Å². The number of carbonyl (C=O) groups excluding carboxylic acids is 2. The summed E-state index contributed by atoms with van der Waals surface area (Å²) in [7, 11) is 0. The summed E-state index contributed by atoms with van der Waals surface area (Å²) in [6, 6.07) is 23.4. The second-order valence-electron chi connectivity index (χ2n) is 7.67. The van der Waals surface area contributed by atoms with E-state index in [2.05, 4.69) is 34.7 Å². The van der Waals surface area contributed by atoms with Gasteiger partial charge in [-0.1, -0.05) is 48.5 Å². The van der Waals surface area contributed by atoms with Crippen LogP contribution in [0.1, 0.15) is 28.8 Å². The Bertz CT molecular complexity index is 1270. The minimum absolute atomic E-state index is 0.103. The Morgan fingerprint density at radius 2 is 1.84 bits per heavy atom. The van der Waals surface area contributed by atoms with Crippen LogP contribution in [0.5, 0.6) is 0 Å². The van der Waals surface area contributed by atoms with Gasteiger partial charge in [-0.25, -0.2) is 4.68 Å². The lowest BCUT2D eigenvalue weighted by molar-refractivity contribution is -0.117. The van der Waals surface area contributed by atoms with Crippen molar-refractivity contribution in [2.24, 2.45) is 0 Å². The van der Waals surface area contributed by atoms with E-state index in [4.69, 9.17) is 0 Å². The number of amides is 2. The highest BCUT2D eigenvalue weighted by molar-refractivity contribution is 6.05. The maximum atomic E-state index is 12.9. The summed E-state index contributed by atoms with van der Waals surface area (Å²) in [5, 5.41) is 9.71. The molecule has 2 amide bonds. The van der Waals surface area contributed by atoms with E-state index in [1.807, 2.05) is 30.3 Å². The van der Waals surface area contributed by atoms with E-state index in [9.17, 15) is 9.59 Å². The third-order valence-corrected chi connectivity index (χ3v) is 5.65. The zero-order valence-corrected chi connectivity index (χ0v) is 17.0. The van der Waals surface area contributed by atoms with Gasteiger partial charge in [0.05, 0.1) is 12.7 Å². The molecule has 1 aliphatic rings. The summed E-state index contributed by atoms with van der Waals surface area (Å²) in [4.78, 5) is 26.7. The minimum atomic E-state index is -0.229. The molecule has 31 heavy (non-hydrogen) atoms. The number of fused-ring (bicyclic) bond motifs is 1. The summed E-state index contributed by atoms with van der Waals surface area (Å²) in [6.45, 7) is 1.24. The number of hydrogen-bond donors (Lipinski definition) is 1. The van der Waals surface area contributed by atoms with Crippen molar-refractivity contribution in [1.29, 1.82) is 0 Å². The Morgan fingerprint density at radius 3 is 2.71 bits per heavy atom. The van der Waals surface area contributed by atoms with E-state index < -0.39 is 0 Å². The lowest BCUT2D eigenvalue weighted by Crippen LogP contribution is -2.24. The van der Waals surface area contributed by atoms with E-state index in [1.165, 1.54) is 10.8 Å². The van der Waals surface area contributed by atoms with Gasteiger partial charge >= 0.3 is 0 Å². The predicted octanol–water partition coefficient (Wildman–Crippen LogP) is 4.46. The number of nitrogens with zero attached hydrogens (tertiary/aromatic N) is 3. The summed E-state index contributed by atoms with van der Waals surface area (Å²) in [5.41, 5.74) is 2.40. The zero-order valence-electron chi connectivity index (χ0n) is 17.0. The third kappa shape index (κ3) is 3.80. The highest BCUT2D eigenvalue weighted by atomic mass is 16.2. The van der Waals surface area contributed by atoms with Gasteiger partial charge in [0.15, 0.2) is 0 Å². The van der Waals surface area contributed by atoms with Crippen molar-refractivity contribution in [2.45, 2.75) is 19.4 Å². The molecule has 0 bridgehead atoms. The fourth-order valence-electron chi connectivity index (χ4n) is 4.08. The number of hydrogen-bond acceptors (Lipinski definition) is 3. The Morgan fingerprint density at radius 1 is 1.00 bits per heavy atom. The van der Waals surface area contributed by atoms with Crippen LogP contribution in [0.2, 0.25) is 0 Å². The standard InChI is InChI=1S/C25H22N4O2/c30-24-12-5-15-28(24)21-10-4-8-19(16-21)25(31)27-23-13-14-26-29(23)17-20-9-3-7-18-6-1-2-11-22(18)20/h1-4,6-11,13-14,16H,5,12,15,17H2,(H,27,31). The first-order valence-electron chi connectivity index (χ1n) is 10.4. The number of carbonyl (C=O) groups is 2. The molecule has 6 heteroatoms. The van der Waals surface area contributed by atoms with Gasteiger partial charge in [0.1, 0.15) is 5.82 Å². The minimum Gasteiger partial charge on any atom is -0.312 e. The molecule has 0 atom stereocenters. The van der Waals surface area contributed by atoms with E-state index in [0.29, 0.717) is 30.9 Å². The molecule has 1 aliphatic heterocycles. The second kappa shape index (κ2) is 8.07. The summed E-state index contributed by atoms with van der Waals surface area (Å²) in [6.07, 6.45) is 3.09. The molecule has 154 valence electrons. The monoisotopic (exact) mass is 410 g/mol. The lowest BCUT2D eigenvalue weighted by atomic mass is 10.0. The molecular weight excluding hydrogens is 388 g/mol. The van der Waals surface area contributed by atoms with Gasteiger partial charge < -0.3 is 10.2 Å². The molecule has 1 saturated heterocycles. The molecule has 4 aromatic rings. The number of anilines is 2. The van der Waals surface area contributed by atoms with Crippen LogP contribution in [0.15, 0.2) is 79.0 Å². The lowest BCUT2D eigenvalue weighted by Gasteiger charge is -2.16. The van der Waals surface area contributed by atoms with E-state index >= 15 is 0 Å². The van der Waals surface area contributed by atoms with Crippen molar-refractivity contribution in [1.82, 2.24) is 9.78 Å². The summed E-state index contributed by atoms with van der Waals surface area (Å²) < 4.78 is 1.79. The second-order valence-corrected chi connectivity index (χ2v) is 7.67. The van der Waals surface area contributed by atoms with Gasteiger partial charge in [-0.3, -0.25) is 9.59 Å². The van der Waals surface area contributed by atoms with Crippen LogP contribution in [-0.4, -0.2) is 28.1 Å². The normalized spacial score (nSPS) is 13.7. The molecule has 0 saturated carbocycles. The van der Waals surface area contributed by atoms with Crippen LogP contribution in [-0.2, 0) is 11.3 Å². The Kier molecular flexibility index (Phi) is 4.96. The van der Waals surface area contributed by atoms with Gasteiger partial charge in [-0.15, -0.1) is 0 Å². The Labute approximate surface area is 180 Å². The molecule has 1 fully saturated rings. The van der Waals surface area contributed by atoms with E-state index in [1.54, 1.807) is 34.0 Å². The van der Waals surface area contributed by atoms with Crippen LogP contribution in [0.3, 0.4) is 0 Å². The molecule has 0 aliphatic carbocycles. The molecule has 0 radical (unpaired) electrons. The number of rotatable bonds is 5. The Balaban J connectivity index is 1.37. The smallest absolute Gasteiger partial charge is 0.256 e. The maximum absolute atomic E-state index is 12.9. The number of aromatic nitrogens is 2. The van der Waals surface area contributed by atoms with Crippen LogP contribution < -0.4 is 10.2 Å². The van der Waals surface area contributed by atoms with E-state index in [0.717, 1.165) is 17.7 Å². The highest BCUT2D eigenvalue weighted by Crippen LogP contribution is 2.24. The zero-order chi connectivity index (χ0) is 21.2. The summed E-state index contributed by atoms with van der Waals surface area (Å²) in [5.74, 6) is 0.500. The van der Waals surface area contributed by atoms with Crippen LogP contribution in [0.4, 0.5) is 11.5 Å².